The molecule has 1 aliphatic carbocycles. The fourth-order valence-electron chi connectivity index (χ4n) is 2.04. The van der Waals surface area contributed by atoms with Gasteiger partial charge in [0, 0.05) is 6.04 Å². The minimum atomic E-state index is -0.0626. The number of rotatable bonds is 2. The van der Waals surface area contributed by atoms with Gasteiger partial charge in [-0.15, -0.1) is 0 Å². The normalized spacial score (nSPS) is 18.6. The second kappa shape index (κ2) is 3.48. The topological polar surface area (TPSA) is 46.2 Å². The molecule has 0 saturated heterocycles. The molecule has 2 heteroatoms. The average molecular weight is 177 g/mol. The zero-order valence-corrected chi connectivity index (χ0v) is 7.61. The van der Waals surface area contributed by atoms with Gasteiger partial charge in [0.05, 0.1) is 6.61 Å². The molecular weight excluding hydrogens is 162 g/mol. The molecule has 0 bridgehead atoms. The van der Waals surface area contributed by atoms with E-state index in [1.54, 1.807) is 0 Å². The first kappa shape index (κ1) is 8.73. The SMILES string of the molecule is NC(CO)C1Cc2ccccc2C1. The molecule has 0 fully saturated rings. The highest BCUT2D eigenvalue weighted by atomic mass is 16.3. The van der Waals surface area contributed by atoms with E-state index in [4.69, 9.17) is 10.8 Å². The number of nitrogens with two attached hydrogens (primary N) is 1. The number of aliphatic hydroxyl groups is 1. The second-order valence-electron chi connectivity index (χ2n) is 3.78. The van der Waals surface area contributed by atoms with E-state index < -0.39 is 0 Å². The third-order valence-corrected chi connectivity index (χ3v) is 2.90. The molecule has 1 unspecified atom stereocenters. The average Bonchev–Trinajstić information content (AvgIpc) is 2.59. The molecule has 70 valence electrons. The smallest absolute Gasteiger partial charge is 0.0585 e. The highest BCUT2D eigenvalue weighted by Gasteiger charge is 2.25. The van der Waals surface area contributed by atoms with Crippen molar-refractivity contribution in [3.8, 4) is 0 Å². The van der Waals surface area contributed by atoms with Crippen LogP contribution in [0.3, 0.4) is 0 Å². The monoisotopic (exact) mass is 177 g/mol. The van der Waals surface area contributed by atoms with E-state index in [0.717, 1.165) is 12.8 Å². The predicted molar refractivity (Wildman–Crippen MR) is 52.4 cm³/mol. The van der Waals surface area contributed by atoms with E-state index >= 15 is 0 Å². The molecule has 13 heavy (non-hydrogen) atoms. The minimum Gasteiger partial charge on any atom is -0.395 e. The van der Waals surface area contributed by atoms with Crippen LogP contribution in [0.2, 0.25) is 0 Å². The zero-order valence-electron chi connectivity index (χ0n) is 7.61. The summed E-state index contributed by atoms with van der Waals surface area (Å²) in [7, 11) is 0. The summed E-state index contributed by atoms with van der Waals surface area (Å²) >= 11 is 0. The molecule has 1 aliphatic rings. The van der Waals surface area contributed by atoms with Crippen LogP contribution in [-0.2, 0) is 12.8 Å². The highest BCUT2D eigenvalue weighted by Crippen LogP contribution is 2.27. The first-order chi connectivity index (χ1) is 6.31. The van der Waals surface area contributed by atoms with Gasteiger partial charge >= 0.3 is 0 Å². The first-order valence-electron chi connectivity index (χ1n) is 4.74. The molecule has 1 atom stereocenters. The summed E-state index contributed by atoms with van der Waals surface area (Å²) in [6, 6.07) is 8.36. The maximum atomic E-state index is 8.95. The van der Waals surface area contributed by atoms with Crippen LogP contribution in [0.1, 0.15) is 11.1 Å². The van der Waals surface area contributed by atoms with Crippen molar-refractivity contribution in [3.63, 3.8) is 0 Å². The van der Waals surface area contributed by atoms with E-state index in [-0.39, 0.29) is 12.6 Å². The maximum absolute atomic E-state index is 8.95. The lowest BCUT2D eigenvalue weighted by Gasteiger charge is -2.15. The fraction of sp³-hybridized carbons (Fsp3) is 0.455. The highest BCUT2D eigenvalue weighted by molar-refractivity contribution is 5.32. The molecule has 3 N–H and O–H groups in total. The van der Waals surface area contributed by atoms with Crippen LogP contribution < -0.4 is 5.73 Å². The third-order valence-electron chi connectivity index (χ3n) is 2.90. The molecule has 0 radical (unpaired) electrons. The Hall–Kier alpha value is -0.860. The van der Waals surface area contributed by atoms with Crippen LogP contribution in [0, 0.1) is 5.92 Å². The van der Waals surface area contributed by atoms with Gasteiger partial charge in [0.15, 0.2) is 0 Å². The summed E-state index contributed by atoms with van der Waals surface area (Å²) in [6.07, 6.45) is 2.05. The van der Waals surface area contributed by atoms with Crippen molar-refractivity contribution < 1.29 is 5.11 Å². The summed E-state index contributed by atoms with van der Waals surface area (Å²) in [5, 5.41) is 8.95. The van der Waals surface area contributed by atoms with Gasteiger partial charge in [-0.25, -0.2) is 0 Å². The Morgan fingerprint density at radius 2 is 1.85 bits per heavy atom. The Kier molecular flexibility index (Phi) is 2.34. The van der Waals surface area contributed by atoms with Gasteiger partial charge in [0.1, 0.15) is 0 Å². The molecule has 0 heterocycles. The molecule has 1 aromatic carbocycles. The van der Waals surface area contributed by atoms with Crippen LogP contribution in [-0.4, -0.2) is 17.8 Å². The van der Waals surface area contributed by atoms with Gasteiger partial charge in [-0.05, 0) is 29.9 Å². The van der Waals surface area contributed by atoms with E-state index in [1.807, 2.05) is 0 Å². The van der Waals surface area contributed by atoms with Crippen molar-refractivity contribution in [2.75, 3.05) is 6.61 Å². The van der Waals surface area contributed by atoms with Gasteiger partial charge in [-0.3, -0.25) is 0 Å². The molecule has 1 aromatic rings. The van der Waals surface area contributed by atoms with Crippen molar-refractivity contribution in [2.24, 2.45) is 11.7 Å². The molecular formula is C11H15NO. The Morgan fingerprint density at radius 1 is 1.31 bits per heavy atom. The van der Waals surface area contributed by atoms with Crippen molar-refractivity contribution >= 4 is 0 Å². The largest absolute Gasteiger partial charge is 0.395 e. The Bertz CT molecular complexity index is 273. The number of benzene rings is 1. The molecule has 0 aromatic heterocycles. The number of fused-ring (bicyclic) bond motifs is 1. The predicted octanol–water partition coefficient (Wildman–Crippen LogP) is 0.721. The van der Waals surface area contributed by atoms with E-state index in [0.29, 0.717) is 5.92 Å². The van der Waals surface area contributed by atoms with Gasteiger partial charge < -0.3 is 10.8 Å². The Balaban J connectivity index is 2.14. The third kappa shape index (κ3) is 1.60. The molecule has 0 saturated carbocycles. The number of aliphatic hydroxyl groups excluding tert-OH is 1. The quantitative estimate of drug-likeness (QED) is 0.699. The van der Waals surface area contributed by atoms with Crippen molar-refractivity contribution in [1.82, 2.24) is 0 Å². The van der Waals surface area contributed by atoms with Crippen molar-refractivity contribution in [1.29, 1.82) is 0 Å². The summed E-state index contributed by atoms with van der Waals surface area (Å²) in [4.78, 5) is 0. The summed E-state index contributed by atoms with van der Waals surface area (Å²) < 4.78 is 0. The lowest BCUT2D eigenvalue weighted by molar-refractivity contribution is 0.229. The summed E-state index contributed by atoms with van der Waals surface area (Å²) in [6.45, 7) is 0.0959. The van der Waals surface area contributed by atoms with Crippen LogP contribution in [0.25, 0.3) is 0 Å². The van der Waals surface area contributed by atoms with E-state index in [2.05, 4.69) is 24.3 Å². The van der Waals surface area contributed by atoms with Crippen molar-refractivity contribution in [3.05, 3.63) is 35.4 Å². The van der Waals surface area contributed by atoms with Gasteiger partial charge in [0.25, 0.3) is 0 Å². The second-order valence-corrected chi connectivity index (χ2v) is 3.78. The summed E-state index contributed by atoms with van der Waals surface area (Å²) in [5.74, 6) is 0.433. The lowest BCUT2D eigenvalue weighted by Crippen LogP contribution is -2.33. The minimum absolute atomic E-state index is 0.0626. The van der Waals surface area contributed by atoms with Gasteiger partial charge in [0.2, 0.25) is 0 Å². The zero-order chi connectivity index (χ0) is 9.26. The van der Waals surface area contributed by atoms with Crippen LogP contribution in [0.4, 0.5) is 0 Å². The molecule has 2 nitrogen and oxygen atoms in total. The van der Waals surface area contributed by atoms with Crippen molar-refractivity contribution in [2.45, 2.75) is 18.9 Å². The fourth-order valence-corrected chi connectivity index (χ4v) is 2.04. The van der Waals surface area contributed by atoms with Crippen LogP contribution in [0.5, 0.6) is 0 Å². The van der Waals surface area contributed by atoms with Crippen LogP contribution in [0.15, 0.2) is 24.3 Å². The van der Waals surface area contributed by atoms with Gasteiger partial charge in [-0.1, -0.05) is 24.3 Å². The van der Waals surface area contributed by atoms with Crippen LogP contribution >= 0.6 is 0 Å². The molecule has 2 rings (SSSR count). The van der Waals surface area contributed by atoms with E-state index in [9.17, 15) is 0 Å². The number of hydrogen-bond acceptors (Lipinski definition) is 2. The first-order valence-corrected chi connectivity index (χ1v) is 4.74. The molecule has 0 spiro atoms. The number of hydrogen-bond donors (Lipinski definition) is 2. The summed E-state index contributed by atoms with van der Waals surface area (Å²) in [5.41, 5.74) is 8.61. The Morgan fingerprint density at radius 3 is 2.31 bits per heavy atom. The molecule has 0 amide bonds. The van der Waals surface area contributed by atoms with E-state index in [1.165, 1.54) is 11.1 Å². The van der Waals surface area contributed by atoms with Gasteiger partial charge in [-0.2, -0.15) is 0 Å². The standard InChI is InChI=1S/C11H15NO/c12-11(7-13)10-5-8-3-1-2-4-9(8)6-10/h1-4,10-11,13H,5-7,12H2. The lowest BCUT2D eigenvalue weighted by atomic mass is 9.98. The Labute approximate surface area is 78.4 Å². The maximum Gasteiger partial charge on any atom is 0.0585 e. The molecule has 0 aliphatic heterocycles.